The molecule has 1 aliphatic heterocycles. The lowest BCUT2D eigenvalue weighted by Gasteiger charge is -2.34. The van der Waals surface area contributed by atoms with E-state index in [0.29, 0.717) is 42.2 Å². The number of aromatic nitrogens is 3. The van der Waals surface area contributed by atoms with Crippen LogP contribution in [0.4, 0.5) is 11.6 Å². The maximum absolute atomic E-state index is 13.4. The molecular formula is C28H36N6O4S. The minimum absolute atomic E-state index is 0.0303. The van der Waals surface area contributed by atoms with Crippen molar-refractivity contribution in [2.24, 2.45) is 11.3 Å². The van der Waals surface area contributed by atoms with Crippen molar-refractivity contribution in [2.45, 2.75) is 58.5 Å². The van der Waals surface area contributed by atoms with Gasteiger partial charge in [0.15, 0.2) is 5.03 Å². The standard InChI is InChI=1S/C28H36N6O4S/c1-18-15-28(5,6)34(16-18)25-19(26(35)33-39(36,37)24-12-8-10-22(29)32-24)13-14-21(31-25)20-9-7-11-23(30-20)38-17-27(2,3)4/h7-14,18H,15-17H2,1-6H3,(H2,29,32)(H,33,35)/t18-/m0/s1. The van der Waals surface area contributed by atoms with Gasteiger partial charge >= 0.3 is 0 Å². The summed E-state index contributed by atoms with van der Waals surface area (Å²) in [7, 11) is -4.26. The van der Waals surface area contributed by atoms with Gasteiger partial charge in [0.2, 0.25) is 5.88 Å². The summed E-state index contributed by atoms with van der Waals surface area (Å²) in [6.07, 6.45) is 0.889. The van der Waals surface area contributed by atoms with Crippen molar-refractivity contribution in [3.05, 3.63) is 54.1 Å². The average molecular weight is 553 g/mol. The van der Waals surface area contributed by atoms with Gasteiger partial charge in [-0.05, 0) is 61.9 Å². The molecule has 4 rings (SSSR count). The number of amides is 1. The second kappa shape index (κ2) is 10.4. The van der Waals surface area contributed by atoms with Crippen molar-refractivity contribution >= 4 is 27.6 Å². The number of nitrogens with zero attached hydrogens (tertiary/aromatic N) is 4. The topological polar surface area (TPSA) is 140 Å². The van der Waals surface area contributed by atoms with E-state index in [9.17, 15) is 13.2 Å². The van der Waals surface area contributed by atoms with Gasteiger partial charge < -0.3 is 15.4 Å². The fourth-order valence-electron chi connectivity index (χ4n) is 4.67. The third-order valence-electron chi connectivity index (χ3n) is 6.33. The van der Waals surface area contributed by atoms with Crippen molar-refractivity contribution < 1.29 is 17.9 Å². The lowest BCUT2D eigenvalue weighted by atomic mass is 9.97. The van der Waals surface area contributed by atoms with Gasteiger partial charge in [-0.1, -0.05) is 39.8 Å². The van der Waals surface area contributed by atoms with Crippen molar-refractivity contribution in [3.63, 3.8) is 0 Å². The molecule has 1 aliphatic rings. The molecule has 1 fully saturated rings. The number of pyridine rings is 3. The molecule has 0 spiro atoms. The van der Waals surface area contributed by atoms with E-state index in [2.05, 4.69) is 61.1 Å². The van der Waals surface area contributed by atoms with Crippen LogP contribution in [0.15, 0.2) is 53.6 Å². The number of nitrogens with two attached hydrogens (primary N) is 1. The predicted octanol–water partition coefficient (Wildman–Crippen LogP) is 4.29. The zero-order valence-corrected chi connectivity index (χ0v) is 24.0. The molecule has 0 bridgehead atoms. The van der Waals surface area contributed by atoms with Crippen LogP contribution in [0.1, 0.15) is 58.3 Å². The Balaban J connectivity index is 1.73. The average Bonchev–Trinajstić information content (AvgIpc) is 3.13. The fourth-order valence-corrected chi connectivity index (χ4v) is 5.61. The van der Waals surface area contributed by atoms with Gasteiger partial charge in [-0.25, -0.2) is 19.7 Å². The summed E-state index contributed by atoms with van der Waals surface area (Å²) in [5.41, 5.74) is 6.57. The van der Waals surface area contributed by atoms with Crippen LogP contribution in [0.2, 0.25) is 0 Å². The molecule has 208 valence electrons. The van der Waals surface area contributed by atoms with E-state index in [0.717, 1.165) is 6.42 Å². The molecule has 11 heteroatoms. The van der Waals surface area contributed by atoms with E-state index >= 15 is 0 Å². The van der Waals surface area contributed by atoms with Crippen LogP contribution < -0.4 is 20.1 Å². The molecular weight excluding hydrogens is 516 g/mol. The summed E-state index contributed by atoms with van der Waals surface area (Å²) in [5, 5.41) is -0.339. The first-order chi connectivity index (χ1) is 18.1. The van der Waals surface area contributed by atoms with E-state index in [1.807, 2.05) is 12.1 Å². The Morgan fingerprint density at radius 2 is 1.77 bits per heavy atom. The second-order valence-electron chi connectivity index (χ2n) is 11.8. The quantitative estimate of drug-likeness (QED) is 0.439. The Kier molecular flexibility index (Phi) is 7.57. The van der Waals surface area contributed by atoms with Crippen LogP contribution >= 0.6 is 0 Å². The van der Waals surface area contributed by atoms with Gasteiger partial charge in [0, 0.05) is 18.2 Å². The smallest absolute Gasteiger partial charge is 0.281 e. The first-order valence-corrected chi connectivity index (χ1v) is 14.3. The fraction of sp³-hybridized carbons (Fsp3) is 0.429. The molecule has 39 heavy (non-hydrogen) atoms. The number of nitrogens with one attached hydrogen (secondary N) is 1. The van der Waals surface area contributed by atoms with Gasteiger partial charge in [-0.15, -0.1) is 0 Å². The maximum atomic E-state index is 13.4. The third-order valence-corrected chi connectivity index (χ3v) is 7.57. The minimum atomic E-state index is -4.26. The molecule has 0 radical (unpaired) electrons. The van der Waals surface area contributed by atoms with E-state index < -0.39 is 15.9 Å². The predicted molar refractivity (Wildman–Crippen MR) is 151 cm³/mol. The summed E-state index contributed by atoms with van der Waals surface area (Å²) < 4.78 is 33.9. The number of anilines is 2. The highest BCUT2D eigenvalue weighted by Gasteiger charge is 2.39. The maximum Gasteiger partial charge on any atom is 0.281 e. The van der Waals surface area contributed by atoms with Crippen molar-refractivity contribution in [1.29, 1.82) is 0 Å². The number of sulfonamides is 1. The first-order valence-electron chi connectivity index (χ1n) is 12.8. The summed E-state index contributed by atoms with van der Waals surface area (Å²) in [4.78, 5) is 28.8. The Bertz CT molecular complexity index is 1480. The van der Waals surface area contributed by atoms with E-state index in [-0.39, 0.29) is 27.4 Å². The zero-order valence-electron chi connectivity index (χ0n) is 23.2. The second-order valence-corrected chi connectivity index (χ2v) is 13.5. The lowest BCUT2D eigenvalue weighted by molar-refractivity contribution is 0.0981. The van der Waals surface area contributed by atoms with Crippen LogP contribution in [-0.2, 0) is 10.0 Å². The van der Waals surface area contributed by atoms with Crippen molar-refractivity contribution in [3.8, 4) is 17.3 Å². The van der Waals surface area contributed by atoms with Gasteiger partial charge in [0.25, 0.3) is 15.9 Å². The highest BCUT2D eigenvalue weighted by Crippen LogP contribution is 2.38. The molecule has 0 aliphatic carbocycles. The number of ether oxygens (including phenoxy) is 1. The first kappa shape index (κ1) is 28.3. The molecule has 3 aromatic heterocycles. The van der Waals surface area contributed by atoms with E-state index in [4.69, 9.17) is 15.5 Å². The molecule has 0 aromatic carbocycles. The van der Waals surface area contributed by atoms with Gasteiger partial charge in [0.05, 0.1) is 23.6 Å². The van der Waals surface area contributed by atoms with Crippen LogP contribution in [-0.4, -0.2) is 48.0 Å². The number of carbonyl (C=O) groups is 1. The molecule has 1 saturated heterocycles. The van der Waals surface area contributed by atoms with E-state index in [1.165, 1.54) is 18.2 Å². The SMILES string of the molecule is C[C@@H]1CN(c2nc(-c3cccc(OCC(C)(C)C)n3)ccc2C(=O)NS(=O)(=O)c2cccc(N)n2)C(C)(C)C1. The van der Waals surface area contributed by atoms with Crippen LogP contribution in [0.25, 0.3) is 11.4 Å². The number of hydrogen-bond acceptors (Lipinski definition) is 9. The summed E-state index contributed by atoms with van der Waals surface area (Å²) in [5.74, 6) is 0.445. The van der Waals surface area contributed by atoms with Gasteiger partial charge in [-0.2, -0.15) is 8.42 Å². The monoisotopic (exact) mass is 552 g/mol. The number of nitrogen functional groups attached to an aromatic ring is 1. The van der Waals surface area contributed by atoms with Crippen molar-refractivity contribution in [2.75, 3.05) is 23.8 Å². The van der Waals surface area contributed by atoms with Gasteiger partial charge in [-0.3, -0.25) is 4.79 Å². The minimum Gasteiger partial charge on any atom is -0.477 e. The number of hydrogen-bond donors (Lipinski definition) is 2. The van der Waals surface area contributed by atoms with E-state index in [1.54, 1.807) is 18.2 Å². The normalized spacial score (nSPS) is 17.2. The zero-order chi connectivity index (χ0) is 28.6. The molecule has 1 atom stereocenters. The highest BCUT2D eigenvalue weighted by molar-refractivity contribution is 7.90. The molecule has 3 N–H and O–H groups in total. The molecule has 4 heterocycles. The summed E-state index contributed by atoms with van der Waals surface area (Å²) >= 11 is 0. The van der Waals surface area contributed by atoms with Crippen LogP contribution in [0.5, 0.6) is 5.88 Å². The highest BCUT2D eigenvalue weighted by atomic mass is 32.2. The molecule has 0 unspecified atom stereocenters. The Hall–Kier alpha value is -3.73. The largest absolute Gasteiger partial charge is 0.477 e. The number of carbonyl (C=O) groups excluding carboxylic acids is 1. The molecule has 0 saturated carbocycles. The molecule has 10 nitrogen and oxygen atoms in total. The van der Waals surface area contributed by atoms with Crippen LogP contribution in [0, 0.1) is 11.3 Å². The van der Waals surface area contributed by atoms with Gasteiger partial charge in [0.1, 0.15) is 11.6 Å². The van der Waals surface area contributed by atoms with Crippen molar-refractivity contribution in [1.82, 2.24) is 19.7 Å². The third kappa shape index (κ3) is 6.65. The summed E-state index contributed by atoms with van der Waals surface area (Å²) in [6.45, 7) is 13.7. The molecule has 1 amide bonds. The Morgan fingerprint density at radius 3 is 2.41 bits per heavy atom. The Labute approximate surface area is 230 Å². The van der Waals surface area contributed by atoms with Crippen LogP contribution in [0.3, 0.4) is 0 Å². The lowest BCUT2D eigenvalue weighted by Crippen LogP contribution is -2.41. The molecule has 3 aromatic rings. The number of rotatable bonds is 7. The summed E-state index contributed by atoms with van der Waals surface area (Å²) in [6, 6.07) is 12.9. The Morgan fingerprint density at radius 1 is 1.08 bits per heavy atom.